The van der Waals surface area contributed by atoms with Crippen molar-refractivity contribution in [3.63, 3.8) is 0 Å². The van der Waals surface area contributed by atoms with E-state index in [1.54, 1.807) is 12.1 Å². The maximum Gasteiger partial charge on any atom is 0.315 e. The Morgan fingerprint density at radius 1 is 1.11 bits per heavy atom. The van der Waals surface area contributed by atoms with E-state index in [0.29, 0.717) is 29.8 Å². The lowest BCUT2D eigenvalue weighted by Crippen LogP contribution is -2.47. The molecule has 0 spiro atoms. The van der Waals surface area contributed by atoms with Crippen LogP contribution in [0, 0.1) is 0 Å². The fourth-order valence-electron chi connectivity index (χ4n) is 3.48. The topological polar surface area (TPSA) is 50.4 Å². The number of benzene rings is 2. The van der Waals surface area contributed by atoms with Gasteiger partial charge in [-0.05, 0) is 43.0 Å². The summed E-state index contributed by atoms with van der Waals surface area (Å²) in [5.41, 5.74) is 2.05. The minimum atomic E-state index is -0.199. The van der Waals surface area contributed by atoms with Crippen LogP contribution in [0.4, 0.5) is 4.79 Å². The van der Waals surface area contributed by atoms with Gasteiger partial charge < -0.3 is 15.4 Å². The van der Waals surface area contributed by atoms with Crippen molar-refractivity contribution in [2.75, 3.05) is 19.8 Å². The van der Waals surface area contributed by atoms with Crippen LogP contribution in [0.3, 0.4) is 0 Å². The molecule has 27 heavy (non-hydrogen) atoms. The highest BCUT2D eigenvalue weighted by molar-refractivity contribution is 6.42. The van der Waals surface area contributed by atoms with Crippen molar-refractivity contribution < 1.29 is 9.53 Å². The van der Waals surface area contributed by atoms with E-state index >= 15 is 0 Å². The van der Waals surface area contributed by atoms with Crippen LogP contribution in [0.1, 0.15) is 36.9 Å². The minimum Gasteiger partial charge on any atom is -0.381 e. The van der Waals surface area contributed by atoms with E-state index < -0.39 is 0 Å². The number of carbonyl (C=O) groups excluding carboxylic acids is 1. The zero-order valence-electron chi connectivity index (χ0n) is 15.3. The Bertz CT molecular complexity index is 777. The highest BCUT2D eigenvalue weighted by Crippen LogP contribution is 2.34. The molecule has 0 bridgehead atoms. The van der Waals surface area contributed by atoms with E-state index in [1.807, 2.05) is 31.2 Å². The molecular formula is C21H24Cl2N2O2. The first kappa shape index (κ1) is 20.0. The molecule has 0 saturated carbocycles. The van der Waals surface area contributed by atoms with Crippen LogP contribution in [-0.4, -0.2) is 25.8 Å². The third kappa shape index (κ3) is 4.95. The summed E-state index contributed by atoms with van der Waals surface area (Å²) in [4.78, 5) is 12.5. The minimum absolute atomic E-state index is 0.0936. The van der Waals surface area contributed by atoms with Crippen LogP contribution in [0.2, 0.25) is 10.0 Å². The Labute approximate surface area is 170 Å². The molecule has 2 N–H and O–H groups in total. The van der Waals surface area contributed by atoms with Crippen molar-refractivity contribution in [3.8, 4) is 0 Å². The Hall–Kier alpha value is -1.75. The predicted molar refractivity (Wildman–Crippen MR) is 110 cm³/mol. The van der Waals surface area contributed by atoms with E-state index in [2.05, 4.69) is 22.8 Å². The third-order valence-electron chi connectivity index (χ3n) is 5.21. The molecule has 1 saturated heterocycles. The molecule has 3 rings (SSSR count). The van der Waals surface area contributed by atoms with E-state index in [1.165, 1.54) is 5.56 Å². The molecule has 1 fully saturated rings. The number of amides is 2. The summed E-state index contributed by atoms with van der Waals surface area (Å²) >= 11 is 12.0. The summed E-state index contributed by atoms with van der Waals surface area (Å²) in [6.45, 7) is 3.90. The Balaban J connectivity index is 1.63. The van der Waals surface area contributed by atoms with Gasteiger partial charge in [-0.2, -0.15) is 0 Å². The molecule has 1 atom stereocenters. The van der Waals surface area contributed by atoms with Crippen molar-refractivity contribution in [1.82, 2.24) is 10.6 Å². The van der Waals surface area contributed by atoms with Crippen LogP contribution in [-0.2, 0) is 10.2 Å². The van der Waals surface area contributed by atoms with Crippen LogP contribution in [0.15, 0.2) is 48.5 Å². The summed E-state index contributed by atoms with van der Waals surface area (Å²) in [5, 5.41) is 7.00. The first-order chi connectivity index (χ1) is 13.0. The second-order valence-corrected chi connectivity index (χ2v) is 7.80. The first-order valence-electron chi connectivity index (χ1n) is 9.13. The molecule has 0 aliphatic carbocycles. The smallest absolute Gasteiger partial charge is 0.315 e. The normalized spacial score (nSPS) is 17.1. The summed E-state index contributed by atoms with van der Waals surface area (Å²) < 4.78 is 5.54. The third-order valence-corrected chi connectivity index (χ3v) is 5.95. The molecule has 1 unspecified atom stereocenters. The van der Waals surface area contributed by atoms with Gasteiger partial charge in [0, 0.05) is 25.2 Å². The molecule has 0 radical (unpaired) electrons. The largest absolute Gasteiger partial charge is 0.381 e. The van der Waals surface area contributed by atoms with Crippen molar-refractivity contribution in [1.29, 1.82) is 0 Å². The number of halogens is 2. The standard InChI is InChI=1S/C21H24Cl2N2O2/c1-15(16-7-8-18(22)19(23)13-16)25-20(26)24-14-21(9-11-27-12-10-21)17-5-3-2-4-6-17/h2-8,13,15H,9-12,14H2,1H3,(H2,24,25,26). The summed E-state index contributed by atoms with van der Waals surface area (Å²) in [6.07, 6.45) is 1.78. The zero-order valence-corrected chi connectivity index (χ0v) is 16.8. The molecule has 1 aliphatic heterocycles. The summed E-state index contributed by atoms with van der Waals surface area (Å²) in [5.74, 6) is 0. The fourth-order valence-corrected chi connectivity index (χ4v) is 3.79. The maximum atomic E-state index is 12.5. The Morgan fingerprint density at radius 3 is 2.48 bits per heavy atom. The second-order valence-electron chi connectivity index (χ2n) is 6.98. The van der Waals surface area contributed by atoms with E-state index in [0.717, 1.165) is 18.4 Å². The predicted octanol–water partition coefficient (Wildman–Crippen LogP) is 5.10. The number of nitrogens with one attached hydrogen (secondary N) is 2. The molecular weight excluding hydrogens is 383 g/mol. The number of hydrogen-bond donors (Lipinski definition) is 2. The van der Waals surface area contributed by atoms with E-state index in [9.17, 15) is 4.79 Å². The Kier molecular flexibility index (Phi) is 6.64. The fraction of sp³-hybridized carbons (Fsp3) is 0.381. The quantitative estimate of drug-likeness (QED) is 0.725. The van der Waals surface area contributed by atoms with Gasteiger partial charge in [-0.15, -0.1) is 0 Å². The number of urea groups is 1. The maximum absolute atomic E-state index is 12.5. The average molecular weight is 407 g/mol. The Morgan fingerprint density at radius 2 is 1.81 bits per heavy atom. The molecule has 2 aromatic carbocycles. The number of carbonyl (C=O) groups is 1. The number of hydrogen-bond acceptors (Lipinski definition) is 2. The van der Waals surface area contributed by atoms with Gasteiger partial charge in [0.2, 0.25) is 0 Å². The number of ether oxygens (including phenoxy) is 1. The van der Waals surface area contributed by atoms with Gasteiger partial charge in [-0.1, -0.05) is 59.6 Å². The molecule has 1 aliphatic rings. The molecule has 2 aromatic rings. The molecule has 6 heteroatoms. The van der Waals surface area contributed by atoms with Crippen molar-refractivity contribution in [3.05, 3.63) is 69.7 Å². The summed E-state index contributed by atoms with van der Waals surface area (Å²) in [7, 11) is 0. The van der Waals surface area contributed by atoms with Crippen LogP contribution in [0.25, 0.3) is 0 Å². The van der Waals surface area contributed by atoms with Gasteiger partial charge in [0.15, 0.2) is 0 Å². The van der Waals surface area contributed by atoms with Gasteiger partial charge in [-0.3, -0.25) is 0 Å². The second kappa shape index (κ2) is 8.96. The lowest BCUT2D eigenvalue weighted by molar-refractivity contribution is 0.0506. The first-order valence-corrected chi connectivity index (χ1v) is 9.88. The highest BCUT2D eigenvalue weighted by atomic mass is 35.5. The van der Waals surface area contributed by atoms with Gasteiger partial charge in [0.25, 0.3) is 0 Å². The zero-order chi connectivity index (χ0) is 19.3. The molecule has 0 aromatic heterocycles. The van der Waals surface area contributed by atoms with Crippen molar-refractivity contribution in [2.45, 2.75) is 31.2 Å². The van der Waals surface area contributed by atoms with Crippen LogP contribution in [0.5, 0.6) is 0 Å². The molecule has 4 nitrogen and oxygen atoms in total. The summed E-state index contributed by atoms with van der Waals surface area (Å²) in [6, 6.07) is 15.3. The lowest BCUT2D eigenvalue weighted by atomic mass is 9.74. The SMILES string of the molecule is CC(NC(=O)NCC1(c2ccccc2)CCOCC1)c1ccc(Cl)c(Cl)c1. The number of rotatable bonds is 5. The van der Waals surface area contributed by atoms with Crippen molar-refractivity contribution in [2.24, 2.45) is 0 Å². The average Bonchev–Trinajstić information content (AvgIpc) is 2.70. The van der Waals surface area contributed by atoms with Crippen LogP contribution < -0.4 is 10.6 Å². The van der Waals surface area contributed by atoms with E-state index in [-0.39, 0.29) is 17.5 Å². The van der Waals surface area contributed by atoms with Gasteiger partial charge in [-0.25, -0.2) is 4.79 Å². The molecule has 1 heterocycles. The molecule has 2 amide bonds. The monoisotopic (exact) mass is 406 g/mol. The highest BCUT2D eigenvalue weighted by Gasteiger charge is 2.34. The van der Waals surface area contributed by atoms with E-state index in [4.69, 9.17) is 27.9 Å². The lowest BCUT2D eigenvalue weighted by Gasteiger charge is -2.38. The van der Waals surface area contributed by atoms with Gasteiger partial charge >= 0.3 is 6.03 Å². The van der Waals surface area contributed by atoms with Crippen LogP contribution >= 0.6 is 23.2 Å². The van der Waals surface area contributed by atoms with Crippen molar-refractivity contribution >= 4 is 29.2 Å². The van der Waals surface area contributed by atoms with Gasteiger partial charge in [0.05, 0.1) is 16.1 Å². The van der Waals surface area contributed by atoms with Gasteiger partial charge in [0.1, 0.15) is 0 Å². The molecule has 144 valence electrons.